The van der Waals surface area contributed by atoms with Crippen molar-refractivity contribution in [2.45, 2.75) is 18.9 Å². The number of para-hydroxylation sites is 1. The largest absolute Gasteiger partial charge is 0.341 e. The van der Waals surface area contributed by atoms with Crippen molar-refractivity contribution in [1.29, 1.82) is 0 Å². The number of likely N-dealkylation sites (N-methyl/N-ethyl adjacent to an activating group) is 1. The zero-order valence-electron chi connectivity index (χ0n) is 12.0. The lowest BCUT2D eigenvalue weighted by molar-refractivity contribution is -0.385. The van der Waals surface area contributed by atoms with E-state index in [1.54, 1.807) is 30.1 Å². The molecule has 1 aliphatic rings. The van der Waals surface area contributed by atoms with Gasteiger partial charge in [-0.1, -0.05) is 12.1 Å². The van der Waals surface area contributed by atoms with Crippen LogP contribution in [0.4, 0.5) is 5.69 Å². The van der Waals surface area contributed by atoms with Crippen molar-refractivity contribution in [2.75, 3.05) is 20.1 Å². The number of nitrogens with zero attached hydrogens (tertiary/aromatic N) is 2. The summed E-state index contributed by atoms with van der Waals surface area (Å²) < 4.78 is 0. The maximum atomic E-state index is 12.0. The second kappa shape index (κ2) is 6.99. The predicted octanol–water partition coefficient (Wildman–Crippen LogP) is 1.82. The van der Waals surface area contributed by atoms with Crippen LogP contribution in [-0.4, -0.2) is 41.9 Å². The molecule has 1 aliphatic heterocycles. The quantitative estimate of drug-likeness (QED) is 0.509. The fourth-order valence-electron chi connectivity index (χ4n) is 2.42. The van der Waals surface area contributed by atoms with E-state index in [1.807, 2.05) is 0 Å². The SMILES string of the molecule is CN(CC1CCCN1)C(=O)/C=C/c1ccccc1[N+](=O)[O-]. The first kappa shape index (κ1) is 15.2. The average molecular weight is 289 g/mol. The van der Waals surface area contributed by atoms with Crippen molar-refractivity contribution in [2.24, 2.45) is 0 Å². The highest BCUT2D eigenvalue weighted by molar-refractivity contribution is 5.92. The second-order valence-corrected chi connectivity index (χ2v) is 5.16. The molecule has 1 aromatic carbocycles. The van der Waals surface area contributed by atoms with Gasteiger partial charge in [0.1, 0.15) is 0 Å². The standard InChI is InChI=1S/C15H19N3O3/c1-17(11-13-6-4-10-16-13)15(19)9-8-12-5-2-3-7-14(12)18(20)21/h2-3,5,7-9,13,16H,4,6,10-11H2,1H3/b9-8+. The Hall–Kier alpha value is -2.21. The van der Waals surface area contributed by atoms with Crippen molar-refractivity contribution >= 4 is 17.7 Å². The van der Waals surface area contributed by atoms with Gasteiger partial charge in [-0.05, 0) is 31.5 Å². The van der Waals surface area contributed by atoms with Crippen molar-refractivity contribution in [1.82, 2.24) is 10.2 Å². The van der Waals surface area contributed by atoms with Crippen LogP contribution in [0, 0.1) is 10.1 Å². The molecule has 1 atom stereocenters. The van der Waals surface area contributed by atoms with E-state index in [0.29, 0.717) is 18.2 Å². The molecule has 0 aromatic heterocycles. The average Bonchev–Trinajstić information content (AvgIpc) is 2.97. The molecule has 1 aromatic rings. The number of nitro benzene ring substituents is 1. The van der Waals surface area contributed by atoms with Crippen LogP contribution < -0.4 is 5.32 Å². The molecule has 1 unspecified atom stereocenters. The lowest BCUT2D eigenvalue weighted by atomic mass is 10.1. The zero-order valence-corrected chi connectivity index (χ0v) is 12.0. The molecule has 21 heavy (non-hydrogen) atoms. The van der Waals surface area contributed by atoms with Crippen LogP contribution in [-0.2, 0) is 4.79 Å². The molecule has 112 valence electrons. The lowest BCUT2D eigenvalue weighted by Crippen LogP contribution is -2.37. The molecule has 1 amide bonds. The van der Waals surface area contributed by atoms with Crippen LogP contribution in [0.1, 0.15) is 18.4 Å². The highest BCUT2D eigenvalue weighted by Crippen LogP contribution is 2.19. The highest BCUT2D eigenvalue weighted by Gasteiger charge is 2.17. The number of carbonyl (C=O) groups is 1. The molecule has 1 saturated heterocycles. The van der Waals surface area contributed by atoms with Crippen molar-refractivity contribution in [3.05, 3.63) is 46.0 Å². The van der Waals surface area contributed by atoms with Gasteiger partial charge in [0.15, 0.2) is 0 Å². The Balaban J connectivity index is 1.99. The summed E-state index contributed by atoms with van der Waals surface area (Å²) in [5.74, 6) is -0.151. The van der Waals surface area contributed by atoms with Gasteiger partial charge in [0.05, 0.1) is 10.5 Å². The number of nitro groups is 1. The first-order valence-corrected chi connectivity index (χ1v) is 6.98. The third-order valence-corrected chi connectivity index (χ3v) is 3.57. The first-order chi connectivity index (χ1) is 10.1. The predicted molar refractivity (Wildman–Crippen MR) is 80.8 cm³/mol. The molecule has 6 nitrogen and oxygen atoms in total. The Bertz CT molecular complexity index is 551. The Morgan fingerprint density at radius 3 is 2.95 bits per heavy atom. The van der Waals surface area contributed by atoms with E-state index in [4.69, 9.17) is 0 Å². The molecule has 0 aliphatic carbocycles. The van der Waals surface area contributed by atoms with Gasteiger partial charge in [0.2, 0.25) is 5.91 Å². The highest BCUT2D eigenvalue weighted by atomic mass is 16.6. The van der Waals surface area contributed by atoms with E-state index < -0.39 is 4.92 Å². The van der Waals surface area contributed by atoms with Crippen LogP contribution in [0.5, 0.6) is 0 Å². The molecule has 1 N–H and O–H groups in total. The Morgan fingerprint density at radius 1 is 1.52 bits per heavy atom. The minimum atomic E-state index is -0.448. The summed E-state index contributed by atoms with van der Waals surface area (Å²) >= 11 is 0. The van der Waals surface area contributed by atoms with Gasteiger partial charge in [-0.3, -0.25) is 14.9 Å². The summed E-state index contributed by atoms with van der Waals surface area (Å²) in [4.78, 5) is 24.1. The second-order valence-electron chi connectivity index (χ2n) is 5.16. The normalized spacial score (nSPS) is 18.0. The van der Waals surface area contributed by atoms with Gasteiger partial charge in [0, 0.05) is 31.8 Å². The van der Waals surface area contributed by atoms with E-state index in [-0.39, 0.29) is 11.6 Å². The number of hydrogen-bond donors (Lipinski definition) is 1. The number of rotatable bonds is 5. The van der Waals surface area contributed by atoms with E-state index in [2.05, 4.69) is 5.32 Å². The van der Waals surface area contributed by atoms with Crippen LogP contribution in [0.3, 0.4) is 0 Å². The Kier molecular flexibility index (Phi) is 5.05. The third-order valence-electron chi connectivity index (χ3n) is 3.57. The number of amides is 1. The molecular weight excluding hydrogens is 270 g/mol. The molecule has 0 saturated carbocycles. The van der Waals surface area contributed by atoms with Gasteiger partial charge in [0.25, 0.3) is 5.69 Å². The minimum Gasteiger partial charge on any atom is -0.341 e. The van der Waals surface area contributed by atoms with Gasteiger partial charge in [-0.2, -0.15) is 0 Å². The first-order valence-electron chi connectivity index (χ1n) is 6.98. The smallest absolute Gasteiger partial charge is 0.276 e. The van der Waals surface area contributed by atoms with E-state index in [0.717, 1.165) is 19.4 Å². The molecular formula is C15H19N3O3. The van der Waals surface area contributed by atoms with Crippen LogP contribution in [0.15, 0.2) is 30.3 Å². The maximum Gasteiger partial charge on any atom is 0.276 e. The van der Waals surface area contributed by atoms with Crippen LogP contribution >= 0.6 is 0 Å². The van der Waals surface area contributed by atoms with E-state index in [1.165, 1.54) is 18.2 Å². The van der Waals surface area contributed by atoms with E-state index in [9.17, 15) is 14.9 Å². The third kappa shape index (κ3) is 4.13. The molecule has 0 spiro atoms. The molecule has 6 heteroatoms. The Morgan fingerprint density at radius 2 is 2.29 bits per heavy atom. The summed E-state index contributed by atoms with van der Waals surface area (Å²) in [5.41, 5.74) is 0.435. The van der Waals surface area contributed by atoms with Crippen LogP contribution in [0.25, 0.3) is 6.08 Å². The van der Waals surface area contributed by atoms with E-state index >= 15 is 0 Å². The topological polar surface area (TPSA) is 75.5 Å². The Labute approximate surface area is 123 Å². The lowest BCUT2D eigenvalue weighted by Gasteiger charge is -2.19. The molecule has 1 fully saturated rings. The van der Waals surface area contributed by atoms with Gasteiger partial charge >= 0.3 is 0 Å². The van der Waals surface area contributed by atoms with Crippen molar-refractivity contribution in [3.63, 3.8) is 0 Å². The van der Waals surface area contributed by atoms with Gasteiger partial charge < -0.3 is 10.2 Å². The fraction of sp³-hybridized carbons (Fsp3) is 0.400. The van der Waals surface area contributed by atoms with Gasteiger partial charge in [-0.15, -0.1) is 0 Å². The molecule has 1 heterocycles. The number of benzene rings is 1. The van der Waals surface area contributed by atoms with Gasteiger partial charge in [-0.25, -0.2) is 0 Å². The molecule has 0 radical (unpaired) electrons. The minimum absolute atomic E-state index is 0.00154. The molecule has 0 bridgehead atoms. The molecule has 2 rings (SSSR count). The summed E-state index contributed by atoms with van der Waals surface area (Å²) in [5, 5.41) is 14.2. The number of hydrogen-bond acceptors (Lipinski definition) is 4. The van der Waals surface area contributed by atoms with Crippen molar-refractivity contribution in [3.8, 4) is 0 Å². The maximum absolute atomic E-state index is 12.0. The zero-order chi connectivity index (χ0) is 15.2. The number of nitrogens with one attached hydrogen (secondary N) is 1. The summed E-state index contributed by atoms with van der Waals surface area (Å²) in [6.07, 6.45) is 5.10. The summed E-state index contributed by atoms with van der Waals surface area (Å²) in [6.45, 7) is 1.65. The number of carbonyl (C=O) groups excluding carboxylic acids is 1. The van der Waals surface area contributed by atoms with Crippen LogP contribution in [0.2, 0.25) is 0 Å². The summed E-state index contributed by atoms with van der Waals surface area (Å²) in [7, 11) is 1.74. The fourth-order valence-corrected chi connectivity index (χ4v) is 2.42. The van der Waals surface area contributed by atoms with Crippen molar-refractivity contribution < 1.29 is 9.72 Å². The monoisotopic (exact) mass is 289 g/mol. The summed E-state index contributed by atoms with van der Waals surface area (Å²) in [6, 6.07) is 6.72.